The monoisotopic (exact) mass is 370 g/mol. The smallest absolute Gasteiger partial charge is 0.222 e. The minimum atomic E-state index is 0.193. The van der Waals surface area contributed by atoms with Gasteiger partial charge in [-0.05, 0) is 31.2 Å². The molecule has 0 saturated carbocycles. The Morgan fingerprint density at radius 1 is 1.15 bits per heavy atom. The summed E-state index contributed by atoms with van der Waals surface area (Å²) in [5.41, 5.74) is 1.40. The first-order valence-electron chi connectivity index (χ1n) is 9.56. The third kappa shape index (κ3) is 3.61. The number of likely N-dealkylation sites (tertiary alicyclic amines) is 1. The largest absolute Gasteiger partial charge is 0.346 e. The summed E-state index contributed by atoms with van der Waals surface area (Å²) in [5, 5.41) is 10.8. The van der Waals surface area contributed by atoms with Crippen LogP contribution in [0.15, 0.2) is 30.3 Å². The van der Waals surface area contributed by atoms with Crippen molar-refractivity contribution in [1.29, 1.82) is 0 Å². The van der Waals surface area contributed by atoms with Crippen LogP contribution in [0.5, 0.6) is 0 Å². The van der Waals surface area contributed by atoms with Crippen molar-refractivity contribution in [1.82, 2.24) is 15.1 Å². The van der Waals surface area contributed by atoms with E-state index in [1.54, 1.807) is 11.3 Å². The summed E-state index contributed by atoms with van der Waals surface area (Å²) in [7, 11) is 0. The van der Waals surface area contributed by atoms with Crippen LogP contribution in [0.2, 0.25) is 0 Å². The molecular formula is C20H26N4OS. The molecule has 0 bridgehead atoms. The first-order valence-corrected chi connectivity index (χ1v) is 10.4. The minimum absolute atomic E-state index is 0.193. The molecule has 2 fully saturated rings. The maximum Gasteiger partial charge on any atom is 0.222 e. The van der Waals surface area contributed by atoms with Crippen molar-refractivity contribution >= 4 is 22.4 Å². The van der Waals surface area contributed by atoms with Gasteiger partial charge in [0.1, 0.15) is 5.01 Å². The molecule has 2 aromatic rings. The molecule has 1 aromatic carbocycles. The van der Waals surface area contributed by atoms with Crippen molar-refractivity contribution in [2.45, 2.75) is 45.6 Å². The van der Waals surface area contributed by atoms with E-state index in [4.69, 9.17) is 0 Å². The van der Waals surface area contributed by atoms with Gasteiger partial charge in [0.15, 0.2) is 0 Å². The number of benzene rings is 1. The summed E-state index contributed by atoms with van der Waals surface area (Å²) >= 11 is 1.71. The van der Waals surface area contributed by atoms with E-state index in [0.29, 0.717) is 12.3 Å². The van der Waals surface area contributed by atoms with E-state index in [-0.39, 0.29) is 5.41 Å². The Labute approximate surface area is 159 Å². The van der Waals surface area contributed by atoms with Gasteiger partial charge in [-0.25, -0.2) is 0 Å². The molecule has 2 aliphatic heterocycles. The summed E-state index contributed by atoms with van der Waals surface area (Å²) in [6.07, 6.45) is 4.95. The van der Waals surface area contributed by atoms with E-state index in [2.05, 4.69) is 39.1 Å². The van der Waals surface area contributed by atoms with Crippen molar-refractivity contribution in [2.75, 3.05) is 24.5 Å². The second-order valence-corrected chi connectivity index (χ2v) is 8.63. The van der Waals surface area contributed by atoms with Gasteiger partial charge in [-0.2, -0.15) is 0 Å². The Morgan fingerprint density at radius 3 is 2.77 bits per heavy atom. The highest BCUT2D eigenvalue weighted by atomic mass is 32.1. The number of rotatable bonds is 4. The first-order chi connectivity index (χ1) is 12.7. The van der Waals surface area contributed by atoms with E-state index < -0.39 is 0 Å². The van der Waals surface area contributed by atoms with Crippen LogP contribution < -0.4 is 4.90 Å². The van der Waals surface area contributed by atoms with Crippen molar-refractivity contribution in [3.05, 3.63) is 40.9 Å². The lowest BCUT2D eigenvalue weighted by Gasteiger charge is -2.48. The summed E-state index contributed by atoms with van der Waals surface area (Å²) in [6, 6.07) is 10.3. The van der Waals surface area contributed by atoms with Crippen molar-refractivity contribution in [3.8, 4) is 0 Å². The minimum Gasteiger partial charge on any atom is -0.346 e. The van der Waals surface area contributed by atoms with Crippen LogP contribution in [0.25, 0.3) is 0 Å². The quantitative estimate of drug-likeness (QED) is 0.826. The Hall–Kier alpha value is -1.95. The zero-order chi connectivity index (χ0) is 18.0. The highest BCUT2D eigenvalue weighted by Gasteiger charge is 2.42. The van der Waals surface area contributed by atoms with Crippen LogP contribution in [0.1, 0.15) is 43.2 Å². The van der Waals surface area contributed by atoms with Gasteiger partial charge in [0, 0.05) is 38.0 Å². The van der Waals surface area contributed by atoms with Gasteiger partial charge >= 0.3 is 0 Å². The number of hydrogen-bond acceptors (Lipinski definition) is 5. The number of carbonyl (C=O) groups is 1. The zero-order valence-electron chi connectivity index (χ0n) is 15.4. The normalized spacial score (nSPS) is 23.7. The molecule has 0 N–H and O–H groups in total. The number of carbonyl (C=O) groups excluding carboxylic acids is 1. The number of aromatic nitrogens is 2. The van der Waals surface area contributed by atoms with Crippen molar-refractivity contribution in [3.63, 3.8) is 0 Å². The van der Waals surface area contributed by atoms with Gasteiger partial charge in [-0.15, -0.1) is 10.2 Å². The molecule has 0 radical (unpaired) electrons. The van der Waals surface area contributed by atoms with Gasteiger partial charge in [0.05, 0.1) is 0 Å². The third-order valence-corrected chi connectivity index (χ3v) is 6.78. The molecule has 1 unspecified atom stereocenters. The fraction of sp³-hybridized carbons (Fsp3) is 0.550. The van der Waals surface area contributed by atoms with Gasteiger partial charge in [0.25, 0.3) is 0 Å². The molecule has 26 heavy (non-hydrogen) atoms. The number of hydrogen-bond donors (Lipinski definition) is 0. The van der Waals surface area contributed by atoms with Gasteiger partial charge < -0.3 is 9.80 Å². The van der Waals surface area contributed by atoms with E-state index in [9.17, 15) is 4.79 Å². The lowest BCUT2D eigenvalue weighted by Crippen LogP contribution is -2.53. The van der Waals surface area contributed by atoms with Crippen LogP contribution in [-0.4, -0.2) is 40.6 Å². The Morgan fingerprint density at radius 2 is 2.00 bits per heavy atom. The fourth-order valence-corrected chi connectivity index (χ4v) is 5.07. The molecule has 2 aliphatic rings. The molecule has 0 aliphatic carbocycles. The van der Waals surface area contributed by atoms with Crippen molar-refractivity contribution < 1.29 is 4.79 Å². The maximum absolute atomic E-state index is 12.5. The number of amides is 1. The second kappa shape index (κ2) is 7.35. The number of aryl methyl sites for hydroxylation is 1. The Bertz CT molecular complexity index is 762. The lowest BCUT2D eigenvalue weighted by atomic mass is 9.73. The van der Waals surface area contributed by atoms with Crippen LogP contribution in [-0.2, 0) is 17.8 Å². The van der Waals surface area contributed by atoms with Crippen LogP contribution in [0.4, 0.5) is 5.13 Å². The van der Waals surface area contributed by atoms with Gasteiger partial charge in [-0.3, -0.25) is 4.79 Å². The summed E-state index contributed by atoms with van der Waals surface area (Å²) in [5.74, 6) is 0.292. The summed E-state index contributed by atoms with van der Waals surface area (Å²) in [4.78, 5) is 17.0. The first kappa shape index (κ1) is 17.5. The molecule has 138 valence electrons. The maximum atomic E-state index is 12.5. The molecule has 3 heterocycles. The van der Waals surface area contributed by atoms with E-state index in [0.717, 1.165) is 55.6 Å². The number of nitrogens with zero attached hydrogens (tertiary/aromatic N) is 4. The van der Waals surface area contributed by atoms with Gasteiger partial charge in [0.2, 0.25) is 11.0 Å². The third-order valence-electron chi connectivity index (χ3n) is 5.65. The standard InChI is InChI=1S/C20H26N4OS/c1-2-17-21-22-19(26-17)23-12-6-10-20(14-23)11-9-18(25)24(15-20)13-16-7-4-3-5-8-16/h3-5,7-8H,2,6,9-15H2,1H3. The number of anilines is 1. The highest BCUT2D eigenvalue weighted by molar-refractivity contribution is 7.15. The van der Waals surface area contributed by atoms with E-state index in [1.165, 1.54) is 12.0 Å². The zero-order valence-corrected chi connectivity index (χ0v) is 16.2. The molecule has 1 spiro atoms. The average Bonchev–Trinajstić information content (AvgIpc) is 3.15. The molecule has 1 atom stereocenters. The fourth-order valence-electron chi connectivity index (χ4n) is 4.27. The molecule has 5 nitrogen and oxygen atoms in total. The lowest BCUT2D eigenvalue weighted by molar-refractivity contribution is -0.138. The Kier molecular flexibility index (Phi) is 4.94. The molecule has 1 aromatic heterocycles. The molecule has 2 saturated heterocycles. The summed E-state index contributed by atoms with van der Waals surface area (Å²) < 4.78 is 0. The summed E-state index contributed by atoms with van der Waals surface area (Å²) in [6.45, 7) is 5.74. The molecule has 6 heteroatoms. The van der Waals surface area contributed by atoms with Gasteiger partial charge in [-0.1, -0.05) is 48.6 Å². The highest BCUT2D eigenvalue weighted by Crippen LogP contribution is 2.41. The molecule has 1 amide bonds. The topological polar surface area (TPSA) is 49.3 Å². The average molecular weight is 371 g/mol. The molecular weight excluding hydrogens is 344 g/mol. The second-order valence-electron chi connectivity index (χ2n) is 7.59. The predicted octanol–water partition coefficient (Wildman–Crippen LogP) is 3.51. The SMILES string of the molecule is CCc1nnc(N2CCCC3(CCC(=O)N(Cc4ccccc4)C3)C2)s1. The Balaban J connectivity index is 1.49. The van der Waals surface area contributed by atoms with E-state index in [1.807, 2.05) is 18.2 Å². The van der Waals surface area contributed by atoms with Crippen LogP contribution in [0.3, 0.4) is 0 Å². The van der Waals surface area contributed by atoms with E-state index >= 15 is 0 Å². The van der Waals surface area contributed by atoms with Crippen LogP contribution in [0, 0.1) is 5.41 Å². The van der Waals surface area contributed by atoms with Crippen LogP contribution >= 0.6 is 11.3 Å². The van der Waals surface area contributed by atoms with Crippen molar-refractivity contribution in [2.24, 2.45) is 5.41 Å². The molecule has 4 rings (SSSR count). The predicted molar refractivity (Wildman–Crippen MR) is 104 cm³/mol. The number of piperidine rings is 2.